The molecule has 1 rings (SSSR count). The Morgan fingerprint density at radius 2 is 2.03 bits per heavy atom. The average molecular weight is 434 g/mol. The highest BCUT2D eigenvalue weighted by Gasteiger charge is 2.36. The molecule has 0 aromatic heterocycles. The maximum absolute atomic E-state index is 13.7. The summed E-state index contributed by atoms with van der Waals surface area (Å²) in [5.74, 6) is 3.20. The third kappa shape index (κ3) is 8.97. The van der Waals surface area contributed by atoms with Gasteiger partial charge in [-0.15, -0.1) is 0 Å². The zero-order chi connectivity index (χ0) is 22.7. The lowest BCUT2D eigenvalue weighted by Gasteiger charge is -2.29. The molecule has 0 heterocycles. The molecule has 0 radical (unpaired) electrons. The minimum atomic E-state index is -3.14. The zero-order valence-electron chi connectivity index (χ0n) is 18.1. The third-order valence-corrected chi connectivity index (χ3v) is 4.91. The van der Waals surface area contributed by atoms with Gasteiger partial charge in [-0.25, -0.2) is 0 Å². The van der Waals surface area contributed by atoms with Crippen molar-refractivity contribution in [3.8, 4) is 11.8 Å². The van der Waals surface area contributed by atoms with E-state index >= 15 is 0 Å². The van der Waals surface area contributed by atoms with Gasteiger partial charge in [-0.3, -0.25) is 4.79 Å². The number of halogens is 3. The molecule has 0 saturated heterocycles. The van der Waals surface area contributed by atoms with Crippen LogP contribution in [0, 0.1) is 17.8 Å². The van der Waals surface area contributed by atoms with E-state index in [1.165, 1.54) is 14.0 Å². The second-order valence-corrected chi connectivity index (χ2v) is 7.99. The average Bonchev–Trinajstić information content (AvgIpc) is 2.70. The number of hydrogen-bond acceptors (Lipinski definition) is 1. The Morgan fingerprint density at radius 3 is 2.63 bits per heavy atom. The molecule has 1 unspecified atom stereocenters. The second-order valence-electron chi connectivity index (χ2n) is 7.56. The van der Waals surface area contributed by atoms with Crippen molar-refractivity contribution in [2.24, 2.45) is 5.92 Å². The van der Waals surface area contributed by atoms with Crippen molar-refractivity contribution in [2.75, 3.05) is 7.05 Å². The van der Waals surface area contributed by atoms with Crippen LogP contribution in [0.15, 0.2) is 60.7 Å². The van der Waals surface area contributed by atoms with Crippen LogP contribution in [0.25, 0.3) is 0 Å². The summed E-state index contributed by atoms with van der Waals surface area (Å²) in [4.78, 5) is 13.3. The number of carbonyl (C=O) groups is 1. The first-order valence-corrected chi connectivity index (χ1v) is 10.4. The van der Waals surface area contributed by atoms with E-state index in [0.717, 1.165) is 28.9 Å². The van der Waals surface area contributed by atoms with E-state index < -0.39 is 17.9 Å². The van der Waals surface area contributed by atoms with E-state index in [2.05, 4.69) is 32.3 Å². The van der Waals surface area contributed by atoms with Gasteiger partial charge in [0, 0.05) is 29.6 Å². The van der Waals surface area contributed by atoms with Gasteiger partial charge in [0.2, 0.25) is 5.91 Å². The predicted octanol–water partition coefficient (Wildman–Crippen LogP) is 6.67. The van der Waals surface area contributed by atoms with Crippen molar-refractivity contribution in [1.29, 1.82) is 0 Å². The molecule has 1 amide bonds. The topological polar surface area (TPSA) is 20.3 Å². The normalized spacial score (nSPS) is 13.1. The van der Waals surface area contributed by atoms with Gasteiger partial charge in [-0.05, 0) is 50.0 Å². The fourth-order valence-electron chi connectivity index (χ4n) is 2.52. The summed E-state index contributed by atoms with van der Waals surface area (Å²) in [6.07, 6.45) is 7.90. The van der Waals surface area contributed by atoms with Gasteiger partial charge in [-0.1, -0.05) is 68.2 Å². The Balaban J connectivity index is 2.89. The van der Waals surface area contributed by atoms with Crippen LogP contribution in [0.1, 0.15) is 45.6 Å². The smallest absolute Gasteiger partial charge is 0.285 e. The fourth-order valence-corrected chi connectivity index (χ4v) is 2.71. The van der Waals surface area contributed by atoms with Gasteiger partial charge >= 0.3 is 0 Å². The van der Waals surface area contributed by atoms with Gasteiger partial charge in [0.25, 0.3) is 5.92 Å². The van der Waals surface area contributed by atoms with Crippen LogP contribution in [-0.4, -0.2) is 29.8 Å². The van der Waals surface area contributed by atoms with Crippen LogP contribution in [0.3, 0.4) is 0 Å². The number of hydrogen-bond donors (Lipinski definition) is 0. The van der Waals surface area contributed by atoms with Gasteiger partial charge in [0.1, 0.15) is 0 Å². The molecular weight excluding hydrogens is 404 g/mol. The summed E-state index contributed by atoms with van der Waals surface area (Å²) in [5.41, 5.74) is 1.57. The number of alkyl halides is 2. The van der Waals surface area contributed by atoms with E-state index in [9.17, 15) is 13.6 Å². The van der Waals surface area contributed by atoms with Crippen LogP contribution in [0.2, 0.25) is 5.02 Å². The number of allylic oxidation sites excluding steroid dienone is 3. The molecule has 2 nitrogen and oxygen atoms in total. The SMILES string of the molecule is C=CC(F)(F)C(C)N(C)C(=O)CC=CC(C#Cc1cccc(Cl)c1)=CCCC(C)C. The maximum atomic E-state index is 13.7. The molecule has 0 spiro atoms. The van der Waals surface area contributed by atoms with Crippen LogP contribution in [0.5, 0.6) is 0 Å². The molecule has 0 N–H and O–H groups in total. The van der Waals surface area contributed by atoms with Crippen molar-refractivity contribution >= 4 is 17.5 Å². The predicted molar refractivity (Wildman–Crippen MR) is 122 cm³/mol. The monoisotopic (exact) mass is 433 g/mol. The van der Waals surface area contributed by atoms with Crippen molar-refractivity contribution in [1.82, 2.24) is 4.90 Å². The summed E-state index contributed by atoms with van der Waals surface area (Å²) < 4.78 is 27.5. The molecule has 0 saturated carbocycles. The summed E-state index contributed by atoms with van der Waals surface area (Å²) in [6, 6.07) is 6.00. The Morgan fingerprint density at radius 1 is 1.33 bits per heavy atom. The molecular formula is C25H30ClF2NO. The van der Waals surface area contributed by atoms with Crippen LogP contribution >= 0.6 is 11.6 Å². The molecule has 0 aliphatic rings. The lowest BCUT2D eigenvalue weighted by atomic mass is 10.1. The van der Waals surface area contributed by atoms with E-state index in [1.54, 1.807) is 24.3 Å². The van der Waals surface area contributed by atoms with Gasteiger partial charge in [0.05, 0.1) is 6.04 Å². The Labute approximate surface area is 184 Å². The maximum Gasteiger partial charge on any atom is 0.285 e. The number of carbonyl (C=O) groups excluding carboxylic acids is 1. The second kappa shape index (κ2) is 12.3. The first kappa shape index (κ1) is 25.7. The highest BCUT2D eigenvalue weighted by atomic mass is 35.5. The summed E-state index contributed by atoms with van der Waals surface area (Å²) in [7, 11) is 1.37. The first-order valence-electron chi connectivity index (χ1n) is 9.98. The summed E-state index contributed by atoms with van der Waals surface area (Å²) >= 11 is 6.00. The largest absolute Gasteiger partial charge is 0.336 e. The molecule has 5 heteroatoms. The molecule has 0 fully saturated rings. The Kier molecular flexibility index (Phi) is 10.6. The van der Waals surface area contributed by atoms with Crippen molar-refractivity contribution in [3.63, 3.8) is 0 Å². The molecule has 162 valence electrons. The molecule has 1 aromatic rings. The van der Waals surface area contributed by atoms with Crippen LogP contribution < -0.4 is 0 Å². The van der Waals surface area contributed by atoms with Crippen LogP contribution in [-0.2, 0) is 4.79 Å². The standard InChI is InChI=1S/C25H30ClF2NO/c1-6-25(27,28)20(4)29(5)24(30)15-9-12-21(11-7-10-19(2)3)16-17-22-13-8-14-23(26)18-22/h6,8-9,11-14,18-20H,1,7,10,15H2,2-5H3. The highest BCUT2D eigenvalue weighted by molar-refractivity contribution is 6.30. The third-order valence-electron chi connectivity index (χ3n) is 4.68. The van der Waals surface area contributed by atoms with Gasteiger partial charge in [-0.2, -0.15) is 8.78 Å². The minimum Gasteiger partial charge on any atom is -0.336 e. The summed E-state index contributed by atoms with van der Waals surface area (Å²) in [6.45, 7) is 8.74. The van der Waals surface area contributed by atoms with E-state index in [1.807, 2.05) is 18.2 Å². The quantitative estimate of drug-likeness (QED) is 0.242. The van der Waals surface area contributed by atoms with Crippen molar-refractivity contribution < 1.29 is 13.6 Å². The van der Waals surface area contributed by atoms with E-state index in [-0.39, 0.29) is 6.42 Å². The molecule has 1 aromatic carbocycles. The highest BCUT2D eigenvalue weighted by Crippen LogP contribution is 2.23. The molecule has 0 bridgehead atoms. The van der Waals surface area contributed by atoms with E-state index in [0.29, 0.717) is 17.0 Å². The summed E-state index contributed by atoms with van der Waals surface area (Å²) in [5, 5.41) is 0.613. The molecule has 1 atom stereocenters. The van der Waals surface area contributed by atoms with Gasteiger partial charge < -0.3 is 4.90 Å². The molecule has 0 aliphatic carbocycles. The zero-order valence-corrected chi connectivity index (χ0v) is 18.8. The molecule has 30 heavy (non-hydrogen) atoms. The number of benzene rings is 1. The first-order chi connectivity index (χ1) is 14.1. The fraction of sp³-hybridized carbons (Fsp3) is 0.400. The Bertz CT molecular complexity index is 846. The number of amides is 1. The molecule has 0 aliphatic heterocycles. The van der Waals surface area contributed by atoms with Crippen LogP contribution in [0.4, 0.5) is 8.78 Å². The van der Waals surface area contributed by atoms with E-state index in [4.69, 9.17) is 11.6 Å². The van der Waals surface area contributed by atoms with Gasteiger partial charge in [0.15, 0.2) is 0 Å². The Hall–Kier alpha value is -2.38. The number of nitrogens with zero attached hydrogens (tertiary/aromatic N) is 1. The lowest BCUT2D eigenvalue weighted by Crippen LogP contribution is -2.45. The lowest BCUT2D eigenvalue weighted by molar-refractivity contribution is -0.136. The van der Waals surface area contributed by atoms with Crippen molar-refractivity contribution in [2.45, 2.75) is 52.0 Å². The minimum absolute atomic E-state index is 0.00836. The van der Waals surface area contributed by atoms with Crippen molar-refractivity contribution in [3.05, 3.63) is 71.3 Å². The number of rotatable bonds is 9.